The van der Waals surface area contributed by atoms with Gasteiger partial charge >= 0.3 is 0 Å². The second-order valence-electron chi connectivity index (χ2n) is 11.0. The highest BCUT2D eigenvalue weighted by Crippen LogP contribution is 2.36. The van der Waals surface area contributed by atoms with Crippen molar-refractivity contribution in [3.05, 3.63) is 48.3 Å². The first-order valence-electron chi connectivity index (χ1n) is 13.9. The maximum atomic E-state index is 6.36. The standard InChI is InChI=1S/C30H34N6O2/c1-3-20-13-19(2)16-35(17-20)18-21-14-24-26-27(38-30(24)32-15-21)29(36-9-11-37-12-10-36)34-28(33-26)23-5-4-6-25-22(23)7-8-31-25/h4-8,14-15,19-20,31H,3,9-13,16-18H2,1-2H3. The highest BCUT2D eigenvalue weighted by atomic mass is 16.5. The Bertz CT molecular complexity index is 1600. The van der Waals surface area contributed by atoms with Crippen LogP contribution in [0.25, 0.3) is 44.5 Å². The van der Waals surface area contributed by atoms with E-state index in [1.165, 1.54) is 18.4 Å². The number of benzene rings is 1. The van der Waals surface area contributed by atoms with Crippen molar-refractivity contribution >= 4 is 38.9 Å². The fourth-order valence-corrected chi connectivity index (χ4v) is 6.32. The zero-order chi connectivity index (χ0) is 25.6. The van der Waals surface area contributed by atoms with Gasteiger partial charge in [-0.25, -0.2) is 15.0 Å². The van der Waals surface area contributed by atoms with E-state index in [0.29, 0.717) is 30.3 Å². The number of aromatic nitrogens is 4. The van der Waals surface area contributed by atoms with Crippen LogP contribution < -0.4 is 4.90 Å². The molecule has 0 bridgehead atoms. The molecule has 2 atom stereocenters. The van der Waals surface area contributed by atoms with Gasteiger partial charge in [0.25, 0.3) is 0 Å². The Morgan fingerprint density at radius 2 is 1.97 bits per heavy atom. The summed E-state index contributed by atoms with van der Waals surface area (Å²) in [5, 5.41) is 2.06. The average molecular weight is 511 g/mol. The number of aromatic amines is 1. The Morgan fingerprint density at radius 3 is 2.84 bits per heavy atom. The molecule has 2 aliphatic rings. The number of pyridine rings is 1. The molecule has 0 amide bonds. The Balaban J connectivity index is 1.35. The lowest BCUT2D eigenvalue weighted by Crippen LogP contribution is -2.38. The van der Waals surface area contributed by atoms with E-state index in [9.17, 15) is 0 Å². The number of ether oxygens (including phenoxy) is 1. The maximum absolute atomic E-state index is 6.36. The summed E-state index contributed by atoms with van der Waals surface area (Å²) < 4.78 is 12.0. The van der Waals surface area contributed by atoms with Crippen LogP contribution in [-0.4, -0.2) is 64.2 Å². The van der Waals surface area contributed by atoms with Gasteiger partial charge in [0, 0.05) is 61.6 Å². The molecule has 2 unspecified atom stereocenters. The number of anilines is 1. The third kappa shape index (κ3) is 4.22. The van der Waals surface area contributed by atoms with E-state index in [4.69, 9.17) is 24.1 Å². The predicted octanol–water partition coefficient (Wildman–Crippen LogP) is 5.62. The molecule has 196 valence electrons. The van der Waals surface area contributed by atoms with E-state index < -0.39 is 0 Å². The Kier molecular flexibility index (Phi) is 6.01. The normalized spacial score (nSPS) is 21.2. The average Bonchev–Trinajstić information content (AvgIpc) is 3.57. The van der Waals surface area contributed by atoms with Crippen LogP contribution in [0.4, 0.5) is 5.82 Å². The summed E-state index contributed by atoms with van der Waals surface area (Å²) in [5.74, 6) is 3.01. The minimum absolute atomic E-state index is 0.614. The van der Waals surface area contributed by atoms with Gasteiger partial charge in [-0.3, -0.25) is 4.90 Å². The molecule has 8 heteroatoms. The third-order valence-electron chi connectivity index (χ3n) is 8.16. The van der Waals surface area contributed by atoms with E-state index in [-0.39, 0.29) is 0 Å². The van der Waals surface area contributed by atoms with Gasteiger partial charge in [-0.2, -0.15) is 0 Å². The molecule has 1 aromatic carbocycles. The number of nitrogens with one attached hydrogen (secondary N) is 1. The van der Waals surface area contributed by atoms with Gasteiger partial charge in [0.1, 0.15) is 5.52 Å². The molecule has 2 saturated heterocycles. The fourth-order valence-electron chi connectivity index (χ4n) is 6.32. The first-order chi connectivity index (χ1) is 18.7. The van der Waals surface area contributed by atoms with Gasteiger partial charge in [-0.15, -0.1) is 0 Å². The van der Waals surface area contributed by atoms with Gasteiger partial charge in [0.15, 0.2) is 17.2 Å². The molecule has 7 rings (SSSR count). The number of likely N-dealkylation sites (tertiary alicyclic amines) is 1. The summed E-state index contributed by atoms with van der Waals surface area (Å²) in [6.45, 7) is 10.7. The zero-order valence-electron chi connectivity index (χ0n) is 22.1. The number of morpholine rings is 1. The van der Waals surface area contributed by atoms with Crippen LogP contribution in [0.2, 0.25) is 0 Å². The second kappa shape index (κ2) is 9.67. The summed E-state index contributed by atoms with van der Waals surface area (Å²) in [6, 6.07) is 10.5. The Labute approximate surface area is 222 Å². The van der Waals surface area contributed by atoms with Crippen molar-refractivity contribution in [3.8, 4) is 11.4 Å². The number of nitrogens with zero attached hydrogens (tertiary/aromatic N) is 5. The number of fused-ring (bicyclic) bond motifs is 4. The van der Waals surface area contributed by atoms with Crippen LogP contribution in [0.3, 0.4) is 0 Å². The van der Waals surface area contributed by atoms with Crippen molar-refractivity contribution in [2.75, 3.05) is 44.3 Å². The lowest BCUT2D eigenvalue weighted by molar-refractivity contribution is 0.122. The SMILES string of the molecule is CCC1CC(C)CN(Cc2cnc3oc4c(N5CCOCC5)nc(-c5cccc6[nH]ccc56)nc4c3c2)C1. The van der Waals surface area contributed by atoms with Gasteiger partial charge in [-0.05, 0) is 42.0 Å². The number of hydrogen-bond acceptors (Lipinski definition) is 7. The number of furan rings is 1. The largest absolute Gasteiger partial charge is 0.432 e. The topological polar surface area (TPSA) is 83.3 Å². The fraction of sp³-hybridized carbons (Fsp3) is 0.433. The van der Waals surface area contributed by atoms with E-state index in [1.807, 2.05) is 18.5 Å². The van der Waals surface area contributed by atoms with E-state index in [1.54, 1.807) is 0 Å². The van der Waals surface area contributed by atoms with Crippen molar-refractivity contribution in [1.82, 2.24) is 24.8 Å². The minimum Gasteiger partial charge on any atom is -0.432 e. The van der Waals surface area contributed by atoms with Crippen LogP contribution >= 0.6 is 0 Å². The minimum atomic E-state index is 0.614. The maximum Gasteiger partial charge on any atom is 0.229 e. The summed E-state index contributed by atoms with van der Waals surface area (Å²) in [5.41, 5.74) is 5.42. The van der Waals surface area contributed by atoms with E-state index >= 15 is 0 Å². The first kappa shape index (κ1) is 23.6. The molecule has 0 aliphatic carbocycles. The van der Waals surface area contributed by atoms with Crippen LogP contribution in [0.5, 0.6) is 0 Å². The predicted molar refractivity (Wildman–Crippen MR) is 150 cm³/mol. The summed E-state index contributed by atoms with van der Waals surface area (Å²) in [4.78, 5) is 23.1. The number of rotatable bonds is 5. The summed E-state index contributed by atoms with van der Waals surface area (Å²) >= 11 is 0. The van der Waals surface area contributed by atoms with Crippen molar-refractivity contribution in [2.24, 2.45) is 11.8 Å². The molecule has 6 heterocycles. The lowest BCUT2D eigenvalue weighted by Gasteiger charge is -2.36. The molecule has 0 saturated carbocycles. The highest BCUT2D eigenvalue weighted by Gasteiger charge is 2.26. The van der Waals surface area contributed by atoms with Gasteiger partial charge < -0.3 is 19.0 Å². The first-order valence-corrected chi connectivity index (χ1v) is 13.9. The second-order valence-corrected chi connectivity index (χ2v) is 11.0. The van der Waals surface area contributed by atoms with Gasteiger partial charge in [-0.1, -0.05) is 32.4 Å². The number of hydrogen-bond donors (Lipinski definition) is 1. The van der Waals surface area contributed by atoms with Gasteiger partial charge in [0.05, 0.1) is 18.6 Å². The van der Waals surface area contributed by atoms with Gasteiger partial charge in [0.2, 0.25) is 5.71 Å². The highest BCUT2D eigenvalue weighted by molar-refractivity contribution is 6.06. The monoisotopic (exact) mass is 510 g/mol. The molecule has 4 aromatic heterocycles. The quantitative estimate of drug-likeness (QED) is 0.328. The van der Waals surface area contributed by atoms with Crippen molar-refractivity contribution in [3.63, 3.8) is 0 Å². The molecular weight excluding hydrogens is 476 g/mol. The summed E-state index contributed by atoms with van der Waals surface area (Å²) in [7, 11) is 0. The van der Waals surface area contributed by atoms with Crippen molar-refractivity contribution in [2.45, 2.75) is 33.2 Å². The molecule has 2 fully saturated rings. The van der Waals surface area contributed by atoms with Crippen LogP contribution in [0, 0.1) is 11.8 Å². The third-order valence-corrected chi connectivity index (χ3v) is 8.16. The van der Waals surface area contributed by atoms with Crippen molar-refractivity contribution in [1.29, 1.82) is 0 Å². The smallest absolute Gasteiger partial charge is 0.229 e. The lowest BCUT2D eigenvalue weighted by atomic mass is 9.88. The molecule has 5 aromatic rings. The molecule has 8 nitrogen and oxygen atoms in total. The zero-order valence-corrected chi connectivity index (χ0v) is 22.1. The molecular formula is C30H34N6O2. The van der Waals surface area contributed by atoms with Crippen molar-refractivity contribution < 1.29 is 9.15 Å². The number of piperidine rings is 1. The molecule has 2 aliphatic heterocycles. The Morgan fingerprint density at radius 1 is 1.08 bits per heavy atom. The molecule has 0 spiro atoms. The van der Waals surface area contributed by atoms with E-state index in [0.717, 1.165) is 77.7 Å². The Hall–Kier alpha value is -3.49. The molecule has 38 heavy (non-hydrogen) atoms. The van der Waals surface area contributed by atoms with Crippen LogP contribution in [0.15, 0.2) is 47.1 Å². The molecule has 1 N–H and O–H groups in total. The van der Waals surface area contributed by atoms with Crippen LogP contribution in [0.1, 0.15) is 32.3 Å². The molecule has 0 radical (unpaired) electrons. The van der Waals surface area contributed by atoms with E-state index in [2.05, 4.69) is 52.9 Å². The summed E-state index contributed by atoms with van der Waals surface area (Å²) in [6.07, 6.45) is 6.49. The number of H-pyrrole nitrogens is 1. The van der Waals surface area contributed by atoms with Crippen LogP contribution in [-0.2, 0) is 11.3 Å².